The molecule has 0 aromatic carbocycles. The van der Waals surface area contributed by atoms with Crippen molar-refractivity contribution in [1.82, 2.24) is 9.97 Å². The lowest BCUT2D eigenvalue weighted by atomic mass is 10.5. The molecule has 0 aliphatic heterocycles. The Morgan fingerprint density at radius 2 is 2.16 bits per heavy atom. The van der Waals surface area contributed by atoms with Gasteiger partial charge in [-0.2, -0.15) is 0 Å². The first kappa shape index (κ1) is 13.8. The minimum atomic E-state index is -0.334. The Labute approximate surface area is 119 Å². The van der Waals surface area contributed by atoms with E-state index in [1.165, 1.54) is 11.3 Å². The Morgan fingerprint density at radius 1 is 1.42 bits per heavy atom. The summed E-state index contributed by atoms with van der Waals surface area (Å²) in [5, 5.41) is 0. The van der Waals surface area contributed by atoms with Gasteiger partial charge in [0.15, 0.2) is 0 Å². The van der Waals surface area contributed by atoms with Crippen LogP contribution in [0.3, 0.4) is 0 Å². The van der Waals surface area contributed by atoms with Crippen molar-refractivity contribution in [3.63, 3.8) is 0 Å². The molecule has 0 aliphatic rings. The van der Waals surface area contributed by atoms with Crippen molar-refractivity contribution in [2.45, 2.75) is 6.61 Å². The van der Waals surface area contributed by atoms with E-state index in [9.17, 15) is 4.79 Å². The average molecular weight is 298 g/mol. The highest BCUT2D eigenvalue weighted by Crippen LogP contribution is 2.21. The minimum absolute atomic E-state index is 0.100. The van der Waals surface area contributed by atoms with Crippen molar-refractivity contribution in [3.8, 4) is 0 Å². The quantitative estimate of drug-likeness (QED) is 0.793. The van der Waals surface area contributed by atoms with Gasteiger partial charge in [0.1, 0.15) is 13.2 Å². The van der Waals surface area contributed by atoms with Crippen LogP contribution in [0.1, 0.15) is 4.88 Å². The second-order valence-electron chi connectivity index (χ2n) is 3.77. The third-order valence-corrected chi connectivity index (χ3v) is 3.47. The highest BCUT2D eigenvalue weighted by molar-refractivity contribution is 7.16. The maximum absolute atomic E-state index is 11.7. The molecule has 5 nitrogen and oxygen atoms in total. The fraction of sp³-hybridized carbons (Fsp3) is 0.250. The summed E-state index contributed by atoms with van der Waals surface area (Å²) in [6.07, 6.45) is 3.25. The molecule has 2 heterocycles. The molecule has 2 rings (SSSR count). The molecule has 0 N–H and O–H groups in total. The monoisotopic (exact) mass is 297 g/mol. The van der Waals surface area contributed by atoms with Crippen LogP contribution in [0.25, 0.3) is 0 Å². The summed E-state index contributed by atoms with van der Waals surface area (Å²) in [6, 6.07) is 5.33. The van der Waals surface area contributed by atoms with Crippen LogP contribution in [0.5, 0.6) is 0 Å². The first-order valence-electron chi connectivity index (χ1n) is 5.53. The van der Waals surface area contributed by atoms with E-state index in [1.807, 2.05) is 6.07 Å². The van der Waals surface area contributed by atoms with Crippen LogP contribution in [0.4, 0.5) is 5.95 Å². The molecule has 0 amide bonds. The SMILES string of the molecule is CN(CC(=O)OCc1ccc(Cl)s1)c1ncccn1. The Balaban J connectivity index is 1.81. The lowest BCUT2D eigenvalue weighted by Crippen LogP contribution is -2.28. The van der Waals surface area contributed by atoms with E-state index in [0.29, 0.717) is 10.3 Å². The van der Waals surface area contributed by atoms with E-state index < -0.39 is 0 Å². The molecule has 7 heteroatoms. The fourth-order valence-corrected chi connectivity index (χ4v) is 2.38. The molecule has 19 heavy (non-hydrogen) atoms. The number of hydrogen-bond donors (Lipinski definition) is 0. The zero-order chi connectivity index (χ0) is 13.7. The van der Waals surface area contributed by atoms with E-state index in [4.69, 9.17) is 16.3 Å². The second kappa shape index (κ2) is 6.49. The van der Waals surface area contributed by atoms with Crippen LogP contribution in [0.2, 0.25) is 4.34 Å². The van der Waals surface area contributed by atoms with Gasteiger partial charge in [-0.15, -0.1) is 11.3 Å². The van der Waals surface area contributed by atoms with Gasteiger partial charge in [-0.25, -0.2) is 9.97 Å². The summed E-state index contributed by atoms with van der Waals surface area (Å²) < 4.78 is 5.83. The van der Waals surface area contributed by atoms with E-state index in [2.05, 4.69) is 9.97 Å². The molecule has 0 atom stereocenters. The molecular formula is C12H12ClN3O2S. The van der Waals surface area contributed by atoms with Gasteiger partial charge in [0, 0.05) is 24.3 Å². The smallest absolute Gasteiger partial charge is 0.325 e. The summed E-state index contributed by atoms with van der Waals surface area (Å²) in [4.78, 5) is 22.3. The van der Waals surface area contributed by atoms with Gasteiger partial charge in [-0.1, -0.05) is 11.6 Å². The maximum Gasteiger partial charge on any atom is 0.325 e. The minimum Gasteiger partial charge on any atom is -0.459 e. The molecule has 0 fully saturated rings. The molecule has 2 aromatic heterocycles. The summed E-state index contributed by atoms with van der Waals surface area (Å²) in [6.45, 7) is 0.336. The van der Waals surface area contributed by atoms with E-state index in [0.717, 1.165) is 4.88 Å². The molecule has 0 radical (unpaired) electrons. The number of ether oxygens (including phenoxy) is 1. The van der Waals surface area contributed by atoms with Crippen molar-refractivity contribution >= 4 is 34.9 Å². The standard InChI is InChI=1S/C12H12ClN3O2S/c1-16(12-14-5-2-6-15-12)7-11(17)18-8-9-3-4-10(13)19-9/h2-6H,7-8H2,1H3. The van der Waals surface area contributed by atoms with Crippen LogP contribution < -0.4 is 4.90 Å². The average Bonchev–Trinajstić information content (AvgIpc) is 2.83. The lowest BCUT2D eigenvalue weighted by molar-refractivity contribution is -0.143. The highest BCUT2D eigenvalue weighted by atomic mass is 35.5. The number of esters is 1. The van der Waals surface area contributed by atoms with Crippen LogP contribution >= 0.6 is 22.9 Å². The number of carbonyl (C=O) groups excluding carboxylic acids is 1. The number of thiophene rings is 1. The van der Waals surface area contributed by atoms with E-state index >= 15 is 0 Å². The van der Waals surface area contributed by atoms with Gasteiger partial charge in [0.25, 0.3) is 0 Å². The van der Waals surface area contributed by atoms with E-state index in [-0.39, 0.29) is 19.1 Å². The molecular weight excluding hydrogens is 286 g/mol. The maximum atomic E-state index is 11.7. The summed E-state index contributed by atoms with van der Waals surface area (Å²) in [5.74, 6) is 0.151. The van der Waals surface area contributed by atoms with Crippen molar-refractivity contribution in [2.24, 2.45) is 0 Å². The molecule has 0 aliphatic carbocycles. The Bertz CT molecular complexity index is 547. The topological polar surface area (TPSA) is 55.3 Å². The molecule has 0 spiro atoms. The Hall–Kier alpha value is -1.66. The van der Waals surface area contributed by atoms with Gasteiger partial charge < -0.3 is 9.64 Å². The number of rotatable bonds is 5. The predicted molar refractivity (Wildman–Crippen MR) is 74.4 cm³/mol. The highest BCUT2D eigenvalue weighted by Gasteiger charge is 2.11. The first-order chi connectivity index (χ1) is 9.15. The number of hydrogen-bond acceptors (Lipinski definition) is 6. The number of likely N-dealkylation sites (N-methyl/N-ethyl adjacent to an activating group) is 1. The summed E-state index contributed by atoms with van der Waals surface area (Å²) in [5.41, 5.74) is 0. The molecule has 0 unspecified atom stereocenters. The van der Waals surface area contributed by atoms with Crippen LogP contribution in [0.15, 0.2) is 30.6 Å². The number of nitrogens with zero attached hydrogens (tertiary/aromatic N) is 3. The summed E-state index contributed by atoms with van der Waals surface area (Å²) in [7, 11) is 1.73. The van der Waals surface area contributed by atoms with Gasteiger partial charge in [0.05, 0.1) is 4.34 Å². The predicted octanol–water partition coefficient (Wildman–Crippen LogP) is 2.37. The van der Waals surface area contributed by atoms with Crippen LogP contribution in [-0.2, 0) is 16.1 Å². The van der Waals surface area contributed by atoms with Crippen LogP contribution in [0, 0.1) is 0 Å². The molecule has 0 saturated heterocycles. The van der Waals surface area contributed by atoms with Crippen molar-refractivity contribution in [2.75, 3.05) is 18.5 Å². The Morgan fingerprint density at radius 3 is 2.79 bits per heavy atom. The van der Waals surface area contributed by atoms with Crippen molar-refractivity contribution < 1.29 is 9.53 Å². The van der Waals surface area contributed by atoms with Gasteiger partial charge in [0.2, 0.25) is 5.95 Å². The molecule has 2 aromatic rings. The lowest BCUT2D eigenvalue weighted by Gasteiger charge is -2.15. The number of carbonyl (C=O) groups is 1. The Kier molecular flexibility index (Phi) is 4.70. The second-order valence-corrected chi connectivity index (χ2v) is 5.57. The first-order valence-corrected chi connectivity index (χ1v) is 6.72. The molecule has 100 valence electrons. The number of halogens is 1. The van der Waals surface area contributed by atoms with Gasteiger partial charge >= 0.3 is 5.97 Å². The van der Waals surface area contributed by atoms with E-state index in [1.54, 1.807) is 36.5 Å². The van der Waals surface area contributed by atoms with Crippen LogP contribution in [-0.4, -0.2) is 29.5 Å². The number of anilines is 1. The zero-order valence-electron chi connectivity index (χ0n) is 10.2. The van der Waals surface area contributed by atoms with Gasteiger partial charge in [-0.05, 0) is 18.2 Å². The zero-order valence-corrected chi connectivity index (χ0v) is 11.8. The fourth-order valence-electron chi connectivity index (χ4n) is 1.38. The molecule has 0 bridgehead atoms. The number of aromatic nitrogens is 2. The molecule has 0 saturated carbocycles. The van der Waals surface area contributed by atoms with Crippen molar-refractivity contribution in [3.05, 3.63) is 39.8 Å². The summed E-state index contributed by atoms with van der Waals surface area (Å²) >= 11 is 7.19. The van der Waals surface area contributed by atoms with Gasteiger partial charge in [-0.3, -0.25) is 4.79 Å². The normalized spacial score (nSPS) is 10.2. The third kappa shape index (κ3) is 4.18. The largest absolute Gasteiger partial charge is 0.459 e. The van der Waals surface area contributed by atoms with Crippen molar-refractivity contribution in [1.29, 1.82) is 0 Å². The third-order valence-electron chi connectivity index (χ3n) is 2.26.